The molecule has 0 saturated carbocycles. The van der Waals surface area contributed by atoms with Crippen LogP contribution in [0.2, 0.25) is 0 Å². The summed E-state index contributed by atoms with van der Waals surface area (Å²) >= 11 is 1.35. The van der Waals surface area contributed by atoms with Gasteiger partial charge in [-0.15, -0.1) is 11.8 Å². The van der Waals surface area contributed by atoms with Gasteiger partial charge in [0.25, 0.3) is 5.91 Å². The Morgan fingerprint density at radius 3 is 2.48 bits per heavy atom. The van der Waals surface area contributed by atoms with Gasteiger partial charge in [0.1, 0.15) is 0 Å². The van der Waals surface area contributed by atoms with Crippen LogP contribution in [0.15, 0.2) is 59.5 Å². The summed E-state index contributed by atoms with van der Waals surface area (Å²) in [6.45, 7) is 1.43. The largest absolute Gasteiger partial charge is 0.383 e. The molecule has 0 aliphatic rings. The van der Waals surface area contributed by atoms with Gasteiger partial charge in [-0.2, -0.15) is 0 Å². The fraction of sp³-hybridized carbons (Fsp3) is 0.263. The molecule has 0 spiro atoms. The Labute approximate surface area is 152 Å². The smallest absolute Gasteiger partial charge is 0.252 e. The SMILES string of the molecule is COCCNC(=O)CSc1ccccc1C(=O)NCc1ccccc1. The summed E-state index contributed by atoms with van der Waals surface area (Å²) in [5.41, 5.74) is 1.62. The second-order valence-corrected chi connectivity index (χ2v) is 6.31. The van der Waals surface area contributed by atoms with Crippen molar-refractivity contribution in [1.29, 1.82) is 0 Å². The van der Waals surface area contributed by atoms with E-state index in [1.807, 2.05) is 48.5 Å². The zero-order valence-electron chi connectivity index (χ0n) is 14.2. The van der Waals surface area contributed by atoms with E-state index in [0.717, 1.165) is 10.5 Å². The second kappa shape index (κ2) is 10.5. The molecule has 0 unspecified atom stereocenters. The first-order chi connectivity index (χ1) is 12.2. The van der Waals surface area contributed by atoms with Gasteiger partial charge in [-0.3, -0.25) is 9.59 Å². The summed E-state index contributed by atoms with van der Waals surface area (Å²) < 4.78 is 4.89. The number of rotatable bonds is 9. The van der Waals surface area contributed by atoms with Crippen molar-refractivity contribution in [3.8, 4) is 0 Å². The zero-order valence-corrected chi connectivity index (χ0v) is 15.0. The fourth-order valence-electron chi connectivity index (χ4n) is 2.14. The molecule has 2 N–H and O–H groups in total. The monoisotopic (exact) mass is 358 g/mol. The highest BCUT2D eigenvalue weighted by molar-refractivity contribution is 8.00. The third kappa shape index (κ3) is 6.60. The van der Waals surface area contributed by atoms with Crippen LogP contribution in [-0.2, 0) is 16.1 Å². The molecule has 0 atom stereocenters. The molecule has 0 aliphatic heterocycles. The lowest BCUT2D eigenvalue weighted by Gasteiger charge is -2.10. The number of carbonyl (C=O) groups excluding carboxylic acids is 2. The van der Waals surface area contributed by atoms with Crippen LogP contribution in [0.3, 0.4) is 0 Å². The molecule has 0 saturated heterocycles. The minimum atomic E-state index is -0.147. The molecule has 132 valence electrons. The highest BCUT2D eigenvalue weighted by atomic mass is 32.2. The maximum atomic E-state index is 12.5. The topological polar surface area (TPSA) is 67.4 Å². The lowest BCUT2D eigenvalue weighted by molar-refractivity contribution is -0.118. The van der Waals surface area contributed by atoms with Crippen LogP contribution >= 0.6 is 11.8 Å². The van der Waals surface area contributed by atoms with Crippen molar-refractivity contribution in [2.45, 2.75) is 11.4 Å². The highest BCUT2D eigenvalue weighted by Gasteiger charge is 2.12. The van der Waals surface area contributed by atoms with Crippen LogP contribution < -0.4 is 10.6 Å². The van der Waals surface area contributed by atoms with E-state index in [4.69, 9.17) is 4.74 Å². The van der Waals surface area contributed by atoms with E-state index in [2.05, 4.69) is 10.6 Å². The van der Waals surface area contributed by atoms with Crippen LogP contribution in [-0.4, -0.2) is 37.8 Å². The molecular formula is C19H22N2O3S. The lowest BCUT2D eigenvalue weighted by Crippen LogP contribution is -2.28. The van der Waals surface area contributed by atoms with Crippen LogP contribution in [0.4, 0.5) is 0 Å². The van der Waals surface area contributed by atoms with E-state index in [1.54, 1.807) is 13.2 Å². The lowest BCUT2D eigenvalue weighted by atomic mass is 10.2. The molecule has 0 fully saturated rings. The van der Waals surface area contributed by atoms with Crippen LogP contribution in [0.5, 0.6) is 0 Å². The molecule has 2 aromatic rings. The maximum Gasteiger partial charge on any atom is 0.252 e. The first-order valence-electron chi connectivity index (χ1n) is 8.00. The van der Waals surface area contributed by atoms with E-state index >= 15 is 0 Å². The number of hydrogen-bond donors (Lipinski definition) is 2. The van der Waals surface area contributed by atoms with Crippen molar-refractivity contribution < 1.29 is 14.3 Å². The van der Waals surface area contributed by atoms with Crippen LogP contribution in [0.25, 0.3) is 0 Å². The Balaban J connectivity index is 1.90. The molecule has 2 rings (SSSR count). The van der Waals surface area contributed by atoms with Crippen LogP contribution in [0.1, 0.15) is 15.9 Å². The maximum absolute atomic E-state index is 12.5. The average Bonchev–Trinajstić information content (AvgIpc) is 2.66. The number of amides is 2. The Kier molecular flexibility index (Phi) is 8.01. The van der Waals surface area contributed by atoms with E-state index in [1.165, 1.54) is 11.8 Å². The van der Waals surface area contributed by atoms with Crippen molar-refractivity contribution in [3.63, 3.8) is 0 Å². The molecule has 2 aromatic carbocycles. The molecule has 25 heavy (non-hydrogen) atoms. The summed E-state index contributed by atoms with van der Waals surface area (Å²) in [6.07, 6.45) is 0. The number of thioether (sulfide) groups is 1. The van der Waals surface area contributed by atoms with Crippen LogP contribution in [0, 0.1) is 0 Å². The first kappa shape index (κ1) is 19.0. The summed E-state index contributed by atoms with van der Waals surface area (Å²) in [6, 6.07) is 17.0. The minimum absolute atomic E-state index is 0.0819. The predicted molar refractivity (Wildman–Crippen MR) is 99.7 cm³/mol. The van der Waals surface area contributed by atoms with Gasteiger partial charge in [0.2, 0.25) is 5.91 Å². The number of hydrogen-bond acceptors (Lipinski definition) is 4. The van der Waals surface area contributed by atoms with Gasteiger partial charge in [0.15, 0.2) is 0 Å². The molecule has 0 radical (unpaired) electrons. The van der Waals surface area contributed by atoms with Gasteiger partial charge in [-0.05, 0) is 17.7 Å². The van der Waals surface area contributed by atoms with E-state index < -0.39 is 0 Å². The van der Waals surface area contributed by atoms with E-state index in [-0.39, 0.29) is 17.6 Å². The summed E-state index contributed by atoms with van der Waals surface area (Å²) in [5, 5.41) is 5.68. The van der Waals surface area contributed by atoms with Gasteiger partial charge in [0.05, 0.1) is 17.9 Å². The standard InChI is InChI=1S/C19H22N2O3S/c1-24-12-11-20-18(22)14-25-17-10-6-5-9-16(17)19(23)21-13-15-7-3-2-4-8-15/h2-10H,11-14H2,1H3,(H,20,22)(H,21,23). The Bertz CT molecular complexity index is 692. The highest BCUT2D eigenvalue weighted by Crippen LogP contribution is 2.22. The van der Waals surface area contributed by atoms with E-state index in [0.29, 0.717) is 25.3 Å². The minimum Gasteiger partial charge on any atom is -0.383 e. The predicted octanol–water partition coefficient (Wildman–Crippen LogP) is 2.47. The molecule has 0 heterocycles. The normalized spacial score (nSPS) is 10.3. The van der Waals surface area contributed by atoms with Crippen molar-refractivity contribution >= 4 is 23.6 Å². The summed E-state index contributed by atoms with van der Waals surface area (Å²) in [7, 11) is 1.59. The molecule has 0 aromatic heterocycles. The molecule has 0 bridgehead atoms. The average molecular weight is 358 g/mol. The van der Waals surface area contributed by atoms with Gasteiger partial charge in [0, 0.05) is 25.1 Å². The number of carbonyl (C=O) groups is 2. The number of nitrogens with one attached hydrogen (secondary N) is 2. The Hall–Kier alpha value is -2.31. The zero-order chi connectivity index (χ0) is 17.9. The number of ether oxygens (including phenoxy) is 1. The molecule has 2 amide bonds. The first-order valence-corrected chi connectivity index (χ1v) is 8.99. The Morgan fingerprint density at radius 1 is 1.00 bits per heavy atom. The third-order valence-corrected chi connectivity index (χ3v) is 4.49. The van der Waals surface area contributed by atoms with Crippen molar-refractivity contribution in [2.24, 2.45) is 0 Å². The number of methoxy groups -OCH3 is 1. The van der Waals surface area contributed by atoms with Crippen molar-refractivity contribution in [3.05, 3.63) is 65.7 Å². The molecule has 0 aliphatic carbocycles. The van der Waals surface area contributed by atoms with Gasteiger partial charge in [-0.25, -0.2) is 0 Å². The third-order valence-electron chi connectivity index (χ3n) is 3.41. The molecule has 6 heteroatoms. The van der Waals surface area contributed by atoms with Crippen molar-refractivity contribution in [1.82, 2.24) is 10.6 Å². The molecule has 5 nitrogen and oxygen atoms in total. The second-order valence-electron chi connectivity index (χ2n) is 5.30. The summed E-state index contributed by atoms with van der Waals surface area (Å²) in [4.78, 5) is 25.0. The van der Waals surface area contributed by atoms with Gasteiger partial charge in [-0.1, -0.05) is 42.5 Å². The van der Waals surface area contributed by atoms with Gasteiger partial charge < -0.3 is 15.4 Å². The molecular weight excluding hydrogens is 336 g/mol. The fourth-order valence-corrected chi connectivity index (χ4v) is 3.02. The van der Waals surface area contributed by atoms with E-state index in [9.17, 15) is 9.59 Å². The number of benzene rings is 2. The summed E-state index contributed by atoms with van der Waals surface area (Å²) in [5.74, 6) is 0.0282. The van der Waals surface area contributed by atoms with Crippen molar-refractivity contribution in [2.75, 3.05) is 26.0 Å². The van der Waals surface area contributed by atoms with Gasteiger partial charge >= 0.3 is 0 Å². The quantitative estimate of drug-likeness (QED) is 0.534. The Morgan fingerprint density at radius 2 is 1.72 bits per heavy atom.